The van der Waals surface area contributed by atoms with Gasteiger partial charge in [0, 0.05) is 25.8 Å². The fraction of sp³-hybridized carbons (Fsp3) is 1.00. The van der Waals surface area contributed by atoms with Crippen molar-refractivity contribution in [2.45, 2.75) is 45.1 Å². The normalized spacial score (nSPS) is 25.5. The second-order valence-corrected chi connectivity index (χ2v) is 4.62. The highest BCUT2D eigenvalue weighted by Crippen LogP contribution is 2.47. The number of hydrogen-bond acceptors (Lipinski definition) is 2. The van der Waals surface area contributed by atoms with Crippen LogP contribution in [0.5, 0.6) is 0 Å². The minimum Gasteiger partial charge on any atom is -0.381 e. The molecule has 1 aliphatic heterocycles. The lowest BCUT2D eigenvalue weighted by molar-refractivity contribution is 0.0764. The van der Waals surface area contributed by atoms with E-state index in [4.69, 9.17) is 4.74 Å². The molecule has 0 radical (unpaired) electrons. The number of rotatable bonds is 4. The Labute approximate surface area is 93.2 Å². The molecule has 1 N–H and O–H groups in total. The van der Waals surface area contributed by atoms with Crippen LogP contribution in [0.1, 0.15) is 39.0 Å². The van der Waals surface area contributed by atoms with E-state index in [0.29, 0.717) is 5.41 Å². The summed E-state index contributed by atoms with van der Waals surface area (Å²) in [5, 5.41) is 3.70. The second kappa shape index (κ2) is 5.34. The summed E-state index contributed by atoms with van der Waals surface area (Å²) in [4.78, 5) is 0. The van der Waals surface area contributed by atoms with Gasteiger partial charge in [0.1, 0.15) is 0 Å². The average Bonchev–Trinajstić information content (AvgIpc) is 2.97. The first-order chi connectivity index (χ1) is 6.35. The predicted molar refractivity (Wildman–Crippen MR) is 61.0 cm³/mol. The zero-order valence-corrected chi connectivity index (χ0v) is 9.87. The van der Waals surface area contributed by atoms with Gasteiger partial charge in [0.2, 0.25) is 0 Å². The summed E-state index contributed by atoms with van der Waals surface area (Å²) in [6.07, 6.45) is 6.66. The highest BCUT2D eigenvalue weighted by atomic mass is 35.5. The van der Waals surface area contributed by atoms with Crippen LogP contribution in [-0.2, 0) is 4.74 Å². The maximum absolute atomic E-state index is 5.33. The molecule has 1 aliphatic carbocycles. The topological polar surface area (TPSA) is 21.3 Å². The average molecular weight is 220 g/mol. The summed E-state index contributed by atoms with van der Waals surface area (Å²) in [5.74, 6) is 0. The molecule has 0 unspecified atom stereocenters. The zero-order chi connectivity index (χ0) is 9.15. The molecule has 0 amide bonds. The van der Waals surface area contributed by atoms with Crippen LogP contribution >= 0.6 is 12.4 Å². The molecular weight excluding hydrogens is 198 g/mol. The van der Waals surface area contributed by atoms with Gasteiger partial charge in [0.25, 0.3) is 0 Å². The molecule has 0 spiro atoms. The van der Waals surface area contributed by atoms with Crippen molar-refractivity contribution < 1.29 is 4.74 Å². The molecule has 2 nitrogen and oxygen atoms in total. The van der Waals surface area contributed by atoms with Crippen LogP contribution in [0, 0.1) is 5.41 Å². The van der Waals surface area contributed by atoms with Crippen molar-refractivity contribution in [1.29, 1.82) is 0 Å². The van der Waals surface area contributed by atoms with Crippen molar-refractivity contribution in [1.82, 2.24) is 5.32 Å². The third kappa shape index (κ3) is 3.11. The fourth-order valence-corrected chi connectivity index (χ4v) is 2.09. The highest BCUT2D eigenvalue weighted by Gasteiger charge is 2.40. The van der Waals surface area contributed by atoms with E-state index >= 15 is 0 Å². The van der Waals surface area contributed by atoms with Crippen LogP contribution in [0.15, 0.2) is 0 Å². The van der Waals surface area contributed by atoms with Gasteiger partial charge in [-0.3, -0.25) is 0 Å². The van der Waals surface area contributed by atoms with Crippen LogP contribution in [0.25, 0.3) is 0 Å². The van der Waals surface area contributed by atoms with Gasteiger partial charge in [-0.05, 0) is 37.5 Å². The first kappa shape index (κ1) is 12.3. The Bertz CT molecular complexity index is 165. The third-order valence-electron chi connectivity index (χ3n) is 3.69. The monoisotopic (exact) mass is 219 g/mol. The minimum absolute atomic E-state index is 0. The highest BCUT2D eigenvalue weighted by molar-refractivity contribution is 5.85. The molecule has 84 valence electrons. The molecule has 2 rings (SSSR count). The summed E-state index contributed by atoms with van der Waals surface area (Å²) in [6.45, 7) is 5.47. The van der Waals surface area contributed by atoms with E-state index in [-0.39, 0.29) is 12.4 Å². The molecule has 0 bridgehead atoms. The Balaban J connectivity index is 0.000000980. The Morgan fingerprint density at radius 3 is 2.43 bits per heavy atom. The van der Waals surface area contributed by atoms with E-state index in [1.165, 1.54) is 38.6 Å². The Morgan fingerprint density at radius 2 is 1.93 bits per heavy atom. The van der Waals surface area contributed by atoms with E-state index in [1.54, 1.807) is 0 Å². The molecular formula is C11H22ClNO. The largest absolute Gasteiger partial charge is 0.381 e. The minimum atomic E-state index is 0. The SMILES string of the molecule is CCC1(CNC2CCOCC2)CC1.Cl. The van der Waals surface area contributed by atoms with Crippen molar-refractivity contribution in [3.8, 4) is 0 Å². The zero-order valence-electron chi connectivity index (χ0n) is 9.05. The van der Waals surface area contributed by atoms with E-state index in [9.17, 15) is 0 Å². The van der Waals surface area contributed by atoms with Crippen molar-refractivity contribution in [2.75, 3.05) is 19.8 Å². The number of nitrogens with one attached hydrogen (secondary N) is 1. The molecule has 0 aromatic heterocycles. The Hall–Kier alpha value is 0.210. The quantitative estimate of drug-likeness (QED) is 0.784. The van der Waals surface area contributed by atoms with Gasteiger partial charge in [-0.15, -0.1) is 12.4 Å². The number of hydrogen-bond donors (Lipinski definition) is 1. The molecule has 1 heterocycles. The van der Waals surface area contributed by atoms with Crippen molar-refractivity contribution in [3.63, 3.8) is 0 Å². The molecule has 2 fully saturated rings. The van der Waals surface area contributed by atoms with Crippen LogP contribution in [0.4, 0.5) is 0 Å². The van der Waals surface area contributed by atoms with Gasteiger partial charge in [-0.25, -0.2) is 0 Å². The first-order valence-corrected chi connectivity index (χ1v) is 5.66. The maximum Gasteiger partial charge on any atom is 0.0480 e. The summed E-state index contributed by atoms with van der Waals surface area (Å²) in [6, 6.07) is 0.734. The molecule has 1 saturated carbocycles. The van der Waals surface area contributed by atoms with Crippen molar-refractivity contribution >= 4 is 12.4 Å². The van der Waals surface area contributed by atoms with E-state index in [1.807, 2.05) is 0 Å². The van der Waals surface area contributed by atoms with Crippen LogP contribution in [0.3, 0.4) is 0 Å². The molecule has 0 aromatic rings. The molecule has 1 saturated heterocycles. The molecule has 2 aliphatic rings. The third-order valence-corrected chi connectivity index (χ3v) is 3.69. The van der Waals surface area contributed by atoms with E-state index in [2.05, 4.69) is 12.2 Å². The molecule has 0 aromatic carbocycles. The fourth-order valence-electron chi connectivity index (χ4n) is 2.09. The van der Waals surface area contributed by atoms with Crippen molar-refractivity contribution in [3.05, 3.63) is 0 Å². The molecule has 0 atom stereocenters. The van der Waals surface area contributed by atoms with Gasteiger partial charge in [0.15, 0.2) is 0 Å². The predicted octanol–water partition coefficient (Wildman–Crippen LogP) is 2.37. The lowest BCUT2D eigenvalue weighted by Crippen LogP contribution is -2.38. The van der Waals surface area contributed by atoms with E-state index in [0.717, 1.165) is 19.3 Å². The first-order valence-electron chi connectivity index (χ1n) is 5.66. The summed E-state index contributed by atoms with van der Waals surface area (Å²) < 4.78 is 5.33. The van der Waals surface area contributed by atoms with Crippen LogP contribution < -0.4 is 5.32 Å². The van der Waals surface area contributed by atoms with Gasteiger partial charge in [-0.2, -0.15) is 0 Å². The standard InChI is InChI=1S/C11H21NO.ClH/c1-2-11(5-6-11)9-12-10-3-7-13-8-4-10;/h10,12H,2-9H2,1H3;1H. The van der Waals surface area contributed by atoms with Gasteiger partial charge in [0.05, 0.1) is 0 Å². The summed E-state index contributed by atoms with van der Waals surface area (Å²) >= 11 is 0. The van der Waals surface area contributed by atoms with Gasteiger partial charge < -0.3 is 10.1 Å². The molecule has 14 heavy (non-hydrogen) atoms. The Kier molecular flexibility index (Phi) is 4.68. The van der Waals surface area contributed by atoms with Gasteiger partial charge in [-0.1, -0.05) is 6.92 Å². The smallest absolute Gasteiger partial charge is 0.0480 e. The summed E-state index contributed by atoms with van der Waals surface area (Å²) in [7, 11) is 0. The van der Waals surface area contributed by atoms with Crippen LogP contribution in [0.2, 0.25) is 0 Å². The van der Waals surface area contributed by atoms with Crippen molar-refractivity contribution in [2.24, 2.45) is 5.41 Å². The van der Waals surface area contributed by atoms with Crippen LogP contribution in [-0.4, -0.2) is 25.8 Å². The molecule has 3 heteroatoms. The number of halogens is 1. The lowest BCUT2D eigenvalue weighted by atomic mass is 10.0. The Morgan fingerprint density at radius 1 is 1.29 bits per heavy atom. The summed E-state index contributed by atoms with van der Waals surface area (Å²) in [5.41, 5.74) is 0.693. The van der Waals surface area contributed by atoms with Gasteiger partial charge >= 0.3 is 0 Å². The lowest BCUT2D eigenvalue weighted by Gasteiger charge is -2.25. The number of ether oxygens (including phenoxy) is 1. The second-order valence-electron chi connectivity index (χ2n) is 4.62. The van der Waals surface area contributed by atoms with E-state index < -0.39 is 0 Å². The maximum atomic E-state index is 5.33.